The molecule has 2 amide bonds. The van der Waals surface area contributed by atoms with Gasteiger partial charge in [-0.05, 0) is 42.0 Å². The summed E-state index contributed by atoms with van der Waals surface area (Å²) in [5, 5.41) is 14.6. The van der Waals surface area contributed by atoms with E-state index in [2.05, 4.69) is 39.4 Å². The number of aryl methyl sites for hydroxylation is 1. The van der Waals surface area contributed by atoms with E-state index < -0.39 is 18.1 Å². The van der Waals surface area contributed by atoms with Gasteiger partial charge >= 0.3 is 0 Å². The molecule has 0 spiro atoms. The van der Waals surface area contributed by atoms with Crippen LogP contribution in [0.2, 0.25) is 0 Å². The largest absolute Gasteiger partial charge is 0.479 e. The number of likely N-dealkylation sites (tertiary alicyclic amines) is 1. The molecular weight excluding hydrogens is 604 g/mol. The van der Waals surface area contributed by atoms with Gasteiger partial charge in [-0.15, -0.1) is 11.3 Å². The standard InChI is InChI=1S/C34H42N6O5S/c1-20(2)30(28-15-29(44-4)38-45-28)34(43)40-18-25(41)14-27(40)32-35-16-26(37-32)33(42)39(24-8-6-5-7-9-24)17-22-10-12-23(13-11-22)31-21(3)36-19-46-31/h10-13,15-16,19-20,24-25,27,30,41H,5-9,14,17-18H2,1-4H3,(H,35,37)/t25-,27+,30?/m1/s1. The average Bonchev–Trinajstić information content (AvgIpc) is 3.87. The summed E-state index contributed by atoms with van der Waals surface area (Å²) in [4.78, 5) is 45.2. The van der Waals surface area contributed by atoms with Gasteiger partial charge in [0.25, 0.3) is 11.8 Å². The van der Waals surface area contributed by atoms with Crippen molar-refractivity contribution in [2.75, 3.05) is 13.7 Å². The molecule has 4 heterocycles. The van der Waals surface area contributed by atoms with Crippen LogP contribution in [0.3, 0.4) is 0 Å². The van der Waals surface area contributed by atoms with Crippen LogP contribution in [0.4, 0.5) is 0 Å². The normalized spacial score (nSPS) is 19.5. The Morgan fingerprint density at radius 1 is 1.20 bits per heavy atom. The Balaban J connectivity index is 1.23. The Morgan fingerprint density at radius 2 is 1.96 bits per heavy atom. The molecule has 2 aliphatic rings. The first kappa shape index (κ1) is 31.9. The van der Waals surface area contributed by atoms with E-state index in [0.29, 0.717) is 36.1 Å². The second kappa shape index (κ2) is 13.8. The predicted molar refractivity (Wildman–Crippen MR) is 173 cm³/mol. The van der Waals surface area contributed by atoms with Crippen molar-refractivity contribution < 1.29 is 24.0 Å². The third-order valence-electron chi connectivity index (χ3n) is 9.24. The van der Waals surface area contributed by atoms with Crippen molar-refractivity contribution in [2.24, 2.45) is 5.92 Å². The third kappa shape index (κ3) is 6.59. The number of rotatable bonds is 10. The highest BCUT2D eigenvalue weighted by Gasteiger charge is 2.42. The molecule has 11 nitrogen and oxygen atoms in total. The molecular formula is C34H42N6O5S. The van der Waals surface area contributed by atoms with Crippen molar-refractivity contribution >= 4 is 23.2 Å². The molecule has 3 aromatic heterocycles. The van der Waals surface area contributed by atoms with Crippen molar-refractivity contribution in [1.82, 2.24) is 29.9 Å². The number of imidazole rings is 1. The Hall–Kier alpha value is -4.03. The van der Waals surface area contributed by atoms with E-state index in [9.17, 15) is 14.7 Å². The number of amides is 2. The molecule has 1 saturated carbocycles. The minimum absolute atomic E-state index is 0.0959. The smallest absolute Gasteiger partial charge is 0.274 e. The molecule has 6 rings (SSSR count). The first-order chi connectivity index (χ1) is 22.2. The molecule has 1 aliphatic heterocycles. The third-order valence-corrected chi connectivity index (χ3v) is 10.2. The molecule has 244 valence electrons. The number of benzene rings is 1. The van der Waals surface area contributed by atoms with Crippen LogP contribution >= 0.6 is 11.3 Å². The van der Waals surface area contributed by atoms with Gasteiger partial charge in [-0.3, -0.25) is 9.59 Å². The zero-order valence-corrected chi connectivity index (χ0v) is 27.6. The number of aliphatic hydroxyl groups is 1. The van der Waals surface area contributed by atoms with Gasteiger partial charge in [-0.2, -0.15) is 0 Å². The number of methoxy groups -OCH3 is 1. The maximum absolute atomic E-state index is 14.1. The summed E-state index contributed by atoms with van der Waals surface area (Å²) in [6.45, 7) is 6.54. The fourth-order valence-electron chi connectivity index (χ4n) is 6.81. The lowest BCUT2D eigenvalue weighted by atomic mass is 9.91. The lowest BCUT2D eigenvalue weighted by molar-refractivity contribution is -0.135. The number of β-amino-alcohol motifs (C(OH)–C–C–N with tert-alkyl or cyclic N) is 1. The van der Waals surface area contributed by atoms with Crippen LogP contribution in [0, 0.1) is 12.8 Å². The van der Waals surface area contributed by atoms with E-state index in [1.807, 2.05) is 31.2 Å². The van der Waals surface area contributed by atoms with Crippen LogP contribution in [-0.4, -0.2) is 72.6 Å². The maximum Gasteiger partial charge on any atom is 0.274 e. The zero-order chi connectivity index (χ0) is 32.4. The lowest BCUT2D eigenvalue weighted by Gasteiger charge is -2.34. The topological polar surface area (TPSA) is 138 Å². The fourth-order valence-corrected chi connectivity index (χ4v) is 7.62. The van der Waals surface area contributed by atoms with E-state index >= 15 is 0 Å². The molecule has 1 saturated heterocycles. The van der Waals surface area contributed by atoms with E-state index in [1.54, 1.807) is 28.5 Å². The summed E-state index contributed by atoms with van der Waals surface area (Å²) in [5.41, 5.74) is 5.36. The van der Waals surface area contributed by atoms with E-state index in [-0.39, 0.29) is 30.3 Å². The van der Waals surface area contributed by atoms with Crippen LogP contribution in [0.15, 0.2) is 46.6 Å². The molecule has 0 radical (unpaired) electrons. The summed E-state index contributed by atoms with van der Waals surface area (Å²) in [7, 11) is 1.49. The lowest BCUT2D eigenvalue weighted by Crippen LogP contribution is -2.41. The second-order valence-electron chi connectivity index (χ2n) is 12.7. The van der Waals surface area contributed by atoms with E-state index in [1.165, 1.54) is 13.5 Å². The summed E-state index contributed by atoms with van der Waals surface area (Å²) >= 11 is 1.63. The van der Waals surface area contributed by atoms with Crippen LogP contribution in [-0.2, 0) is 11.3 Å². The monoisotopic (exact) mass is 646 g/mol. The minimum Gasteiger partial charge on any atom is -0.479 e. The molecule has 1 aromatic carbocycles. The number of hydrogen-bond acceptors (Lipinski definition) is 9. The number of aliphatic hydroxyl groups excluding tert-OH is 1. The first-order valence-electron chi connectivity index (χ1n) is 16.1. The minimum atomic E-state index is -0.717. The van der Waals surface area contributed by atoms with Crippen molar-refractivity contribution in [1.29, 1.82) is 0 Å². The van der Waals surface area contributed by atoms with Gasteiger partial charge in [0.1, 0.15) is 17.4 Å². The van der Waals surface area contributed by atoms with Crippen LogP contribution < -0.4 is 4.74 Å². The van der Waals surface area contributed by atoms with Gasteiger partial charge in [0, 0.05) is 37.8 Å². The Kier molecular flexibility index (Phi) is 9.55. The average molecular weight is 647 g/mol. The van der Waals surface area contributed by atoms with Crippen LogP contribution in [0.5, 0.6) is 5.88 Å². The summed E-state index contributed by atoms with van der Waals surface area (Å²) in [5.74, 6) is 0.149. The van der Waals surface area contributed by atoms with Crippen molar-refractivity contribution in [3.63, 3.8) is 0 Å². The molecule has 4 aromatic rings. The number of aromatic amines is 1. The number of carbonyl (C=O) groups excluding carboxylic acids is 2. The number of thiazole rings is 1. The highest BCUT2D eigenvalue weighted by molar-refractivity contribution is 7.13. The number of nitrogens with zero attached hydrogens (tertiary/aromatic N) is 5. The molecule has 3 atom stereocenters. The Bertz CT molecular complexity index is 1640. The quantitative estimate of drug-likeness (QED) is 0.218. The summed E-state index contributed by atoms with van der Waals surface area (Å²) in [6.07, 6.45) is 6.52. The SMILES string of the molecule is COc1cc(C(C(=O)N2C[C@H](O)C[C@H]2c2nc(C(=O)N(Cc3ccc(-c4scnc4C)cc3)C3CCCCC3)c[nH]2)C(C)C)on1. The van der Waals surface area contributed by atoms with Crippen molar-refractivity contribution in [3.05, 3.63) is 70.6 Å². The molecule has 1 unspecified atom stereocenters. The van der Waals surface area contributed by atoms with Crippen molar-refractivity contribution in [2.45, 2.75) is 89.9 Å². The van der Waals surface area contributed by atoms with Gasteiger partial charge in [0.05, 0.1) is 35.3 Å². The number of nitrogens with one attached hydrogen (secondary N) is 1. The van der Waals surface area contributed by atoms with E-state index in [4.69, 9.17) is 14.2 Å². The Morgan fingerprint density at radius 3 is 2.61 bits per heavy atom. The summed E-state index contributed by atoms with van der Waals surface area (Å²) in [6, 6.07) is 9.62. The zero-order valence-electron chi connectivity index (χ0n) is 26.8. The summed E-state index contributed by atoms with van der Waals surface area (Å²) < 4.78 is 10.6. The number of hydrogen-bond donors (Lipinski definition) is 2. The van der Waals surface area contributed by atoms with Crippen LogP contribution in [0.25, 0.3) is 10.4 Å². The van der Waals surface area contributed by atoms with Gasteiger partial charge in [0.2, 0.25) is 5.91 Å². The first-order valence-corrected chi connectivity index (χ1v) is 17.0. The van der Waals surface area contributed by atoms with Gasteiger partial charge in [-0.25, -0.2) is 9.97 Å². The van der Waals surface area contributed by atoms with Crippen molar-refractivity contribution in [3.8, 4) is 16.3 Å². The number of aromatic nitrogens is 4. The number of H-pyrrole nitrogens is 1. The maximum atomic E-state index is 14.1. The van der Waals surface area contributed by atoms with Gasteiger partial charge in [-0.1, -0.05) is 57.4 Å². The highest BCUT2D eigenvalue weighted by atomic mass is 32.1. The number of carbonyl (C=O) groups is 2. The van der Waals surface area contributed by atoms with Crippen LogP contribution in [0.1, 0.15) is 97.7 Å². The second-order valence-corrected chi connectivity index (χ2v) is 13.6. The molecule has 12 heteroatoms. The molecule has 2 N–H and O–H groups in total. The molecule has 0 bridgehead atoms. The van der Waals surface area contributed by atoms with Gasteiger partial charge < -0.3 is 29.2 Å². The predicted octanol–water partition coefficient (Wildman–Crippen LogP) is 5.89. The van der Waals surface area contributed by atoms with Gasteiger partial charge in [0.15, 0.2) is 5.76 Å². The molecule has 1 aliphatic carbocycles. The van der Waals surface area contributed by atoms with E-state index in [0.717, 1.165) is 47.4 Å². The fraction of sp³-hybridized carbons (Fsp3) is 0.500. The highest BCUT2D eigenvalue weighted by Crippen LogP contribution is 2.37. The Labute approximate surface area is 273 Å². The molecule has 2 fully saturated rings. The number of ether oxygens (including phenoxy) is 1. The molecule has 46 heavy (non-hydrogen) atoms.